The molecule has 1 aliphatic rings. The summed E-state index contributed by atoms with van der Waals surface area (Å²) in [5.41, 5.74) is -0.0347. The summed E-state index contributed by atoms with van der Waals surface area (Å²) < 4.78 is 79.4. The number of carbonyl (C=O) groups is 3. The van der Waals surface area contributed by atoms with Crippen LogP contribution >= 0.6 is 11.8 Å². The number of morpholine rings is 1. The van der Waals surface area contributed by atoms with E-state index in [0.717, 1.165) is 23.9 Å². The molecule has 0 bridgehead atoms. The largest absolute Gasteiger partial charge is 0.462 e. The van der Waals surface area contributed by atoms with E-state index < -0.39 is 39.5 Å². The van der Waals surface area contributed by atoms with E-state index in [2.05, 4.69) is 20.8 Å². The summed E-state index contributed by atoms with van der Waals surface area (Å²) >= 11 is 0.905. The molecular weight excluding hydrogens is 702 g/mol. The number of alkyl halides is 3. The zero-order valence-corrected chi connectivity index (χ0v) is 28.1. The van der Waals surface area contributed by atoms with Gasteiger partial charge >= 0.3 is 12.1 Å². The molecule has 0 spiro atoms. The highest BCUT2D eigenvalue weighted by molar-refractivity contribution is 7.99. The first-order chi connectivity index (χ1) is 23.9. The molecular formula is C32H31F3N6O7S2. The molecule has 50 heavy (non-hydrogen) atoms. The highest BCUT2D eigenvalue weighted by Crippen LogP contribution is 2.32. The summed E-state index contributed by atoms with van der Waals surface area (Å²) in [6.07, 6.45) is -4.64. The molecule has 0 atom stereocenters. The van der Waals surface area contributed by atoms with Crippen LogP contribution in [0, 0.1) is 0 Å². The van der Waals surface area contributed by atoms with Crippen LogP contribution in [0.25, 0.3) is 5.69 Å². The second-order valence-electron chi connectivity index (χ2n) is 10.6. The number of hydrogen-bond acceptors (Lipinski definition) is 10. The van der Waals surface area contributed by atoms with Crippen molar-refractivity contribution >= 4 is 45.3 Å². The minimum Gasteiger partial charge on any atom is -0.462 e. The lowest BCUT2D eigenvalue weighted by Crippen LogP contribution is -2.40. The van der Waals surface area contributed by atoms with E-state index in [1.165, 1.54) is 69.5 Å². The first-order valence-electron chi connectivity index (χ1n) is 15.1. The molecule has 0 unspecified atom stereocenters. The first-order valence-corrected chi connectivity index (χ1v) is 17.6. The molecule has 0 radical (unpaired) electrons. The monoisotopic (exact) mass is 732 g/mol. The predicted octanol–water partition coefficient (Wildman–Crippen LogP) is 4.14. The molecule has 2 N–H and O–H groups in total. The Balaban J connectivity index is 1.30. The second kappa shape index (κ2) is 15.8. The number of esters is 1. The minimum absolute atomic E-state index is 0.0135. The van der Waals surface area contributed by atoms with Gasteiger partial charge in [0.15, 0.2) is 11.0 Å². The molecule has 3 aromatic carbocycles. The van der Waals surface area contributed by atoms with Crippen LogP contribution in [0.1, 0.15) is 39.0 Å². The van der Waals surface area contributed by atoms with Crippen molar-refractivity contribution in [2.24, 2.45) is 0 Å². The van der Waals surface area contributed by atoms with Crippen molar-refractivity contribution in [2.45, 2.75) is 29.7 Å². The van der Waals surface area contributed by atoms with E-state index in [1.807, 2.05) is 0 Å². The van der Waals surface area contributed by atoms with Crippen LogP contribution in [0.5, 0.6) is 0 Å². The van der Waals surface area contributed by atoms with Gasteiger partial charge in [-0.25, -0.2) is 13.2 Å². The molecule has 1 fully saturated rings. The number of benzene rings is 3. The SMILES string of the molecule is CCOC(=O)c1ccc(NC(=O)CSc2nnc(CNC(=O)c3ccc(S(=O)(=O)N4CCOCC4)cc3)n2-c2cccc(C(F)(F)F)c2)cc1. The summed E-state index contributed by atoms with van der Waals surface area (Å²) in [5.74, 6) is -1.70. The van der Waals surface area contributed by atoms with Crippen LogP contribution < -0.4 is 10.6 Å². The number of amides is 2. The summed E-state index contributed by atoms with van der Waals surface area (Å²) in [5, 5.41) is 13.6. The summed E-state index contributed by atoms with van der Waals surface area (Å²) in [6.45, 7) is 2.63. The second-order valence-corrected chi connectivity index (χ2v) is 13.5. The van der Waals surface area contributed by atoms with E-state index in [4.69, 9.17) is 9.47 Å². The van der Waals surface area contributed by atoms with Gasteiger partial charge < -0.3 is 20.1 Å². The third-order valence-corrected chi connectivity index (χ3v) is 10.1. The van der Waals surface area contributed by atoms with Gasteiger partial charge in [0, 0.05) is 24.3 Å². The molecule has 18 heteroatoms. The molecule has 0 aliphatic carbocycles. The lowest BCUT2D eigenvalue weighted by molar-refractivity contribution is -0.137. The Morgan fingerprint density at radius 1 is 0.960 bits per heavy atom. The van der Waals surface area contributed by atoms with Gasteiger partial charge in [-0.05, 0) is 73.7 Å². The average Bonchev–Trinajstić information content (AvgIpc) is 3.53. The maximum Gasteiger partial charge on any atom is 0.416 e. The number of hydrogen-bond donors (Lipinski definition) is 2. The van der Waals surface area contributed by atoms with E-state index in [0.29, 0.717) is 11.3 Å². The van der Waals surface area contributed by atoms with Gasteiger partial charge in [0.25, 0.3) is 5.91 Å². The molecule has 13 nitrogen and oxygen atoms in total. The van der Waals surface area contributed by atoms with Crippen LogP contribution in [-0.2, 0) is 37.0 Å². The fourth-order valence-corrected chi connectivity index (χ4v) is 6.97. The molecule has 1 saturated heterocycles. The molecule has 1 aromatic heterocycles. The van der Waals surface area contributed by atoms with Crippen molar-refractivity contribution in [2.75, 3.05) is 44.0 Å². The highest BCUT2D eigenvalue weighted by Gasteiger charge is 2.31. The first kappa shape index (κ1) is 36.5. The van der Waals surface area contributed by atoms with Gasteiger partial charge in [-0.3, -0.25) is 14.2 Å². The van der Waals surface area contributed by atoms with Gasteiger partial charge in [0.1, 0.15) is 0 Å². The van der Waals surface area contributed by atoms with Gasteiger partial charge in [0.05, 0.1) is 53.8 Å². The predicted molar refractivity (Wildman–Crippen MR) is 175 cm³/mol. The maximum atomic E-state index is 13.6. The van der Waals surface area contributed by atoms with E-state index in [1.54, 1.807) is 6.92 Å². The Bertz CT molecular complexity index is 1950. The fraction of sp³-hybridized carbons (Fsp3) is 0.281. The molecule has 4 aromatic rings. The Kier molecular flexibility index (Phi) is 11.6. The number of carbonyl (C=O) groups excluding carboxylic acids is 3. The van der Waals surface area contributed by atoms with Crippen molar-refractivity contribution in [1.82, 2.24) is 24.4 Å². The smallest absolute Gasteiger partial charge is 0.416 e. The van der Waals surface area contributed by atoms with Crippen molar-refractivity contribution in [1.29, 1.82) is 0 Å². The van der Waals surface area contributed by atoms with Gasteiger partial charge in [-0.1, -0.05) is 17.8 Å². The molecule has 2 heterocycles. The minimum atomic E-state index is -4.64. The summed E-state index contributed by atoms with van der Waals surface area (Å²) in [6, 6.07) is 15.8. The van der Waals surface area contributed by atoms with E-state index >= 15 is 0 Å². The number of rotatable bonds is 12. The highest BCUT2D eigenvalue weighted by atomic mass is 32.2. The lowest BCUT2D eigenvalue weighted by Gasteiger charge is -2.26. The van der Waals surface area contributed by atoms with Crippen LogP contribution in [0.3, 0.4) is 0 Å². The number of aromatic nitrogens is 3. The number of sulfonamides is 1. The molecule has 1 aliphatic heterocycles. The Morgan fingerprint density at radius 2 is 1.64 bits per heavy atom. The number of nitrogens with one attached hydrogen (secondary N) is 2. The van der Waals surface area contributed by atoms with Crippen LogP contribution in [0.4, 0.5) is 18.9 Å². The van der Waals surface area contributed by atoms with Gasteiger partial charge in [-0.15, -0.1) is 10.2 Å². The van der Waals surface area contributed by atoms with Crippen molar-refractivity contribution in [3.8, 4) is 5.69 Å². The Morgan fingerprint density at radius 3 is 2.30 bits per heavy atom. The zero-order valence-electron chi connectivity index (χ0n) is 26.5. The fourth-order valence-electron chi connectivity index (χ4n) is 4.80. The van der Waals surface area contributed by atoms with Crippen LogP contribution in [0.15, 0.2) is 82.8 Å². The van der Waals surface area contributed by atoms with Crippen molar-refractivity contribution in [3.05, 3.63) is 95.3 Å². The number of halogens is 3. The number of anilines is 1. The molecule has 2 amide bonds. The van der Waals surface area contributed by atoms with E-state index in [-0.39, 0.29) is 72.3 Å². The summed E-state index contributed by atoms with van der Waals surface area (Å²) in [4.78, 5) is 37.7. The molecule has 0 saturated carbocycles. The normalized spacial score (nSPS) is 13.8. The topological polar surface area (TPSA) is 162 Å². The van der Waals surface area contributed by atoms with Crippen molar-refractivity contribution in [3.63, 3.8) is 0 Å². The lowest BCUT2D eigenvalue weighted by atomic mass is 10.2. The van der Waals surface area contributed by atoms with Crippen molar-refractivity contribution < 1.29 is 45.4 Å². The summed E-state index contributed by atoms with van der Waals surface area (Å²) in [7, 11) is -3.77. The third kappa shape index (κ3) is 8.87. The number of thioether (sulfide) groups is 1. The van der Waals surface area contributed by atoms with Crippen LogP contribution in [0.2, 0.25) is 0 Å². The molecule has 264 valence electrons. The zero-order chi connectivity index (χ0) is 35.9. The average molecular weight is 733 g/mol. The quantitative estimate of drug-likeness (QED) is 0.160. The Hall–Kier alpha value is -4.78. The van der Waals surface area contributed by atoms with Gasteiger partial charge in [-0.2, -0.15) is 17.5 Å². The Labute approximate surface area is 289 Å². The van der Waals surface area contributed by atoms with E-state index in [9.17, 15) is 36.0 Å². The van der Waals surface area contributed by atoms with Crippen LogP contribution in [-0.4, -0.2) is 83.9 Å². The molecule has 5 rings (SSSR count). The number of ether oxygens (including phenoxy) is 2. The van der Waals surface area contributed by atoms with Gasteiger partial charge in [0.2, 0.25) is 15.9 Å². The third-order valence-electron chi connectivity index (χ3n) is 7.28. The maximum absolute atomic E-state index is 13.6. The number of nitrogens with zero attached hydrogens (tertiary/aromatic N) is 4. The standard InChI is InChI=1S/C32H31F3N6O7S2/c1-2-48-30(44)22-6-10-24(11-7-22)37-28(42)20-49-31-39-38-27(41(31)25-5-3-4-23(18-25)32(33,34)35)19-36-29(43)21-8-12-26(13-9-21)50(45,46)40-14-16-47-17-15-40/h3-13,18H,2,14-17,19-20H2,1H3,(H,36,43)(H,37,42).